The molecule has 3 aromatic carbocycles. The second kappa shape index (κ2) is 15.0. The zero-order chi connectivity index (χ0) is 27.2. The average molecular weight is 521 g/mol. The first-order valence-corrected chi connectivity index (χ1v) is 12.2. The van der Waals surface area contributed by atoms with Gasteiger partial charge in [0, 0.05) is 11.8 Å². The Labute approximate surface area is 221 Å². The number of para-hydroxylation sites is 1. The zero-order valence-electron chi connectivity index (χ0n) is 21.1. The fourth-order valence-corrected chi connectivity index (χ4v) is 3.61. The Morgan fingerprint density at radius 1 is 0.947 bits per heavy atom. The van der Waals surface area contributed by atoms with Crippen LogP contribution in [-0.4, -0.2) is 41.6 Å². The number of hydrogen-bond acceptors (Lipinski definition) is 7. The quantitative estimate of drug-likeness (QED) is 0.143. The van der Waals surface area contributed by atoms with Crippen molar-refractivity contribution in [3.8, 4) is 11.5 Å². The predicted molar refractivity (Wildman–Crippen MR) is 142 cm³/mol. The summed E-state index contributed by atoms with van der Waals surface area (Å²) in [6, 6.07) is 23.5. The van der Waals surface area contributed by atoms with E-state index in [1.54, 1.807) is 60.1 Å². The number of amides is 2. The van der Waals surface area contributed by atoms with Gasteiger partial charge in [-0.15, -0.1) is 0 Å². The Balaban J connectivity index is 1.87. The number of aliphatic hydroxyl groups is 1. The molecule has 2 amide bonds. The number of aliphatic hydroxyl groups excluding tert-OH is 1. The molecule has 0 saturated heterocycles. The van der Waals surface area contributed by atoms with E-state index in [1.165, 1.54) is 6.08 Å². The first-order valence-electron chi connectivity index (χ1n) is 12.2. The summed E-state index contributed by atoms with van der Waals surface area (Å²) < 4.78 is 17.7. The van der Waals surface area contributed by atoms with Gasteiger partial charge in [0.1, 0.15) is 24.2 Å². The van der Waals surface area contributed by atoms with E-state index in [2.05, 4.69) is 5.32 Å². The number of nitrogens with one attached hydrogen (secondary N) is 2. The molecule has 9 nitrogen and oxygen atoms in total. The van der Waals surface area contributed by atoms with Gasteiger partial charge in [0.25, 0.3) is 5.91 Å². The van der Waals surface area contributed by atoms with Crippen LogP contribution in [0.2, 0.25) is 0 Å². The lowest BCUT2D eigenvalue weighted by atomic mass is 10.00. The number of allylic oxidation sites excluding steroid dienone is 1. The molecule has 200 valence electrons. The normalized spacial score (nSPS) is 12.4. The van der Waals surface area contributed by atoms with Crippen LogP contribution >= 0.6 is 0 Å². The van der Waals surface area contributed by atoms with Crippen LogP contribution in [0.5, 0.6) is 11.5 Å². The minimum Gasteiger partial charge on any atom is -0.491 e. The van der Waals surface area contributed by atoms with Gasteiger partial charge < -0.3 is 19.3 Å². The Morgan fingerprint density at radius 2 is 1.66 bits per heavy atom. The third-order valence-electron chi connectivity index (χ3n) is 5.47. The molecule has 38 heavy (non-hydrogen) atoms. The number of aryl methyl sites for hydroxylation is 1. The summed E-state index contributed by atoms with van der Waals surface area (Å²) in [5.74, 6) is 0.503. The van der Waals surface area contributed by atoms with Gasteiger partial charge in [-0.2, -0.15) is 0 Å². The molecule has 9 heteroatoms. The summed E-state index contributed by atoms with van der Waals surface area (Å²) in [6.07, 6.45) is 1.49. The molecule has 0 heterocycles. The van der Waals surface area contributed by atoms with Gasteiger partial charge in [-0.3, -0.25) is 15.3 Å². The van der Waals surface area contributed by atoms with E-state index in [1.807, 2.05) is 37.3 Å². The van der Waals surface area contributed by atoms with Crippen molar-refractivity contribution in [3.05, 3.63) is 102 Å². The van der Waals surface area contributed by atoms with Crippen LogP contribution in [-0.2, 0) is 9.53 Å². The Hall–Kier alpha value is -4.34. The van der Waals surface area contributed by atoms with Crippen molar-refractivity contribution < 1.29 is 34.1 Å². The lowest BCUT2D eigenvalue weighted by molar-refractivity contribution is -0.124. The average Bonchev–Trinajstić information content (AvgIpc) is 2.94. The minimum atomic E-state index is -0.826. The summed E-state index contributed by atoms with van der Waals surface area (Å²) in [4.78, 5) is 24.3. The first-order chi connectivity index (χ1) is 18.5. The van der Waals surface area contributed by atoms with Crippen molar-refractivity contribution in [1.82, 2.24) is 5.48 Å². The topological polar surface area (TPSA) is 126 Å². The fraction of sp³-hybridized carbons (Fsp3) is 0.241. The number of hydrogen-bond donors (Lipinski definition) is 4. The molecule has 0 saturated carbocycles. The van der Waals surface area contributed by atoms with Crippen molar-refractivity contribution in [1.29, 1.82) is 0 Å². The molecule has 0 radical (unpaired) electrons. The van der Waals surface area contributed by atoms with E-state index in [0.29, 0.717) is 35.6 Å². The van der Waals surface area contributed by atoms with Crippen LogP contribution in [0.25, 0.3) is 0 Å². The highest BCUT2D eigenvalue weighted by Gasteiger charge is 2.29. The minimum absolute atomic E-state index is 0.110. The van der Waals surface area contributed by atoms with Crippen LogP contribution in [0.15, 0.2) is 91.0 Å². The maximum atomic E-state index is 13.0. The zero-order valence-corrected chi connectivity index (χ0v) is 21.1. The largest absolute Gasteiger partial charge is 0.491 e. The number of ether oxygens (including phenoxy) is 3. The monoisotopic (exact) mass is 520 g/mol. The third kappa shape index (κ3) is 9.27. The molecule has 0 aliphatic rings. The lowest BCUT2D eigenvalue weighted by Gasteiger charge is -2.28. The molecule has 4 N–H and O–H groups in total. The predicted octanol–water partition coefficient (Wildman–Crippen LogP) is 4.95. The summed E-state index contributed by atoms with van der Waals surface area (Å²) in [5.41, 5.74) is 3.87. The van der Waals surface area contributed by atoms with Crippen molar-refractivity contribution in [2.75, 3.05) is 18.5 Å². The molecule has 3 rings (SSSR count). The lowest BCUT2D eigenvalue weighted by Crippen LogP contribution is -2.31. The van der Waals surface area contributed by atoms with Crippen molar-refractivity contribution in [3.63, 3.8) is 0 Å². The van der Waals surface area contributed by atoms with Gasteiger partial charge in [-0.25, -0.2) is 10.3 Å². The number of benzene rings is 3. The fourth-order valence-electron chi connectivity index (χ4n) is 3.61. The summed E-state index contributed by atoms with van der Waals surface area (Å²) in [5, 5.41) is 20.5. The van der Waals surface area contributed by atoms with E-state index in [-0.39, 0.29) is 13.2 Å². The summed E-state index contributed by atoms with van der Waals surface area (Å²) in [6.45, 7) is 2.00. The van der Waals surface area contributed by atoms with Crippen molar-refractivity contribution in [2.45, 2.75) is 32.0 Å². The van der Waals surface area contributed by atoms with E-state index in [4.69, 9.17) is 24.5 Å². The second-order valence-electron chi connectivity index (χ2n) is 8.38. The maximum absolute atomic E-state index is 13.0. The highest BCUT2D eigenvalue weighted by Crippen LogP contribution is 2.30. The molecule has 0 aromatic heterocycles. The van der Waals surface area contributed by atoms with Crippen molar-refractivity contribution in [2.24, 2.45) is 0 Å². The summed E-state index contributed by atoms with van der Waals surface area (Å²) >= 11 is 0. The first kappa shape index (κ1) is 28.2. The van der Waals surface area contributed by atoms with Crippen LogP contribution in [0.1, 0.15) is 30.1 Å². The Bertz CT molecular complexity index is 1170. The van der Waals surface area contributed by atoms with E-state index < -0.39 is 24.2 Å². The van der Waals surface area contributed by atoms with E-state index in [9.17, 15) is 9.59 Å². The highest BCUT2D eigenvalue weighted by molar-refractivity contribution is 5.86. The SMILES string of the molecule is Cc1ccc(NC(=O)O[C@H](c2ccc(OCCO)cc2)[C@@H](CC/C=C/C(=O)NO)Oc2ccccc2)cc1. The maximum Gasteiger partial charge on any atom is 0.412 e. The molecule has 2 atom stereocenters. The Morgan fingerprint density at radius 3 is 2.32 bits per heavy atom. The Kier molecular flexibility index (Phi) is 11.2. The molecule has 0 bridgehead atoms. The van der Waals surface area contributed by atoms with E-state index >= 15 is 0 Å². The van der Waals surface area contributed by atoms with Gasteiger partial charge in [0.2, 0.25) is 0 Å². The molecular formula is C29H32N2O7. The summed E-state index contributed by atoms with van der Waals surface area (Å²) in [7, 11) is 0. The number of anilines is 1. The molecule has 0 aliphatic carbocycles. The van der Waals surface area contributed by atoms with Crippen LogP contribution in [0.4, 0.5) is 10.5 Å². The molecule has 0 unspecified atom stereocenters. The van der Waals surface area contributed by atoms with Crippen molar-refractivity contribution >= 4 is 17.7 Å². The molecule has 0 fully saturated rings. The smallest absolute Gasteiger partial charge is 0.412 e. The molecule has 3 aromatic rings. The number of carbonyl (C=O) groups excluding carboxylic acids is 2. The second-order valence-corrected chi connectivity index (χ2v) is 8.38. The van der Waals surface area contributed by atoms with Crippen LogP contribution in [0.3, 0.4) is 0 Å². The highest BCUT2D eigenvalue weighted by atomic mass is 16.6. The van der Waals surface area contributed by atoms with Crippen LogP contribution in [0, 0.1) is 6.92 Å². The number of carbonyl (C=O) groups is 2. The van der Waals surface area contributed by atoms with Gasteiger partial charge in [-0.1, -0.05) is 54.1 Å². The number of rotatable bonds is 13. The molecular weight excluding hydrogens is 488 g/mol. The van der Waals surface area contributed by atoms with Gasteiger partial charge >= 0.3 is 6.09 Å². The standard InChI is InChI=1S/C29H32N2O7/c1-21-11-15-23(16-12-21)30-29(34)38-28(22-13-17-24(18-14-22)36-20-19-32)26(9-5-6-10-27(33)31-35)37-25-7-3-2-4-8-25/h2-4,6-8,10-18,26,28,32,35H,5,9,19-20H2,1H3,(H,30,34)(H,31,33)/b10-6+/t26-,28-/m1/s1. The molecule has 0 aliphatic heterocycles. The van der Waals surface area contributed by atoms with Gasteiger partial charge in [0.15, 0.2) is 6.10 Å². The van der Waals surface area contributed by atoms with E-state index in [0.717, 1.165) is 5.56 Å². The third-order valence-corrected chi connectivity index (χ3v) is 5.47. The van der Waals surface area contributed by atoms with Gasteiger partial charge in [0.05, 0.1) is 6.61 Å². The number of hydroxylamine groups is 1. The molecule has 0 spiro atoms. The van der Waals surface area contributed by atoms with Gasteiger partial charge in [-0.05, 0) is 61.7 Å². The van der Waals surface area contributed by atoms with Crippen LogP contribution < -0.4 is 20.3 Å².